The van der Waals surface area contributed by atoms with Crippen LogP contribution < -0.4 is 10.5 Å². The molecule has 0 radical (unpaired) electrons. The molecule has 1 heterocycles. The van der Waals surface area contributed by atoms with Crippen molar-refractivity contribution in [3.63, 3.8) is 0 Å². The number of anilines is 1. The molecule has 0 aliphatic carbocycles. The van der Waals surface area contributed by atoms with E-state index in [1.165, 1.54) is 12.3 Å². The Labute approximate surface area is 113 Å². The summed E-state index contributed by atoms with van der Waals surface area (Å²) in [7, 11) is -3.58. The second-order valence-corrected chi connectivity index (χ2v) is 6.52. The number of nitrogen functional groups attached to an aromatic ring is 1. The van der Waals surface area contributed by atoms with E-state index >= 15 is 0 Å². The van der Waals surface area contributed by atoms with Crippen LogP contribution in [0.2, 0.25) is 0 Å². The highest BCUT2D eigenvalue weighted by Crippen LogP contribution is 2.13. The van der Waals surface area contributed by atoms with Crippen molar-refractivity contribution < 1.29 is 8.42 Å². The average molecular weight is 289 g/mol. The van der Waals surface area contributed by atoms with Crippen LogP contribution in [0.15, 0.2) is 23.4 Å². The third-order valence-corrected chi connectivity index (χ3v) is 4.50. The minimum atomic E-state index is -3.58. The number of aromatic nitrogens is 1. The fraction of sp³-hybridized carbons (Fsp3) is 0.545. The minimum Gasteiger partial charge on any atom is -0.396 e. The third kappa shape index (κ3) is 4.83. The summed E-state index contributed by atoms with van der Waals surface area (Å²) in [5, 5.41) is -0.0888. The highest BCUT2D eigenvalue weighted by atomic mass is 32.2. The highest BCUT2D eigenvalue weighted by molar-refractivity contribution is 7.98. The average Bonchev–Trinajstić information content (AvgIpc) is 2.34. The molecule has 1 aromatic heterocycles. The van der Waals surface area contributed by atoms with Gasteiger partial charge in [0.1, 0.15) is 0 Å². The van der Waals surface area contributed by atoms with Crippen LogP contribution in [0.25, 0.3) is 0 Å². The van der Waals surface area contributed by atoms with E-state index in [1.807, 2.05) is 0 Å². The molecule has 0 amide bonds. The number of nitrogens with two attached hydrogens (primary N) is 1. The van der Waals surface area contributed by atoms with Crippen LogP contribution >= 0.6 is 11.8 Å². The van der Waals surface area contributed by atoms with Crippen molar-refractivity contribution in [1.82, 2.24) is 9.71 Å². The Morgan fingerprint density at radius 2 is 2.17 bits per heavy atom. The molecule has 0 saturated heterocycles. The van der Waals surface area contributed by atoms with Gasteiger partial charge in [-0.15, -0.1) is 0 Å². The maximum atomic E-state index is 11.9. The lowest BCUT2D eigenvalue weighted by Gasteiger charge is -2.07. The Kier molecular flexibility index (Phi) is 6.45. The van der Waals surface area contributed by atoms with Crippen molar-refractivity contribution >= 4 is 27.5 Å². The number of sulfonamides is 1. The van der Waals surface area contributed by atoms with E-state index in [4.69, 9.17) is 5.73 Å². The van der Waals surface area contributed by atoms with E-state index in [9.17, 15) is 8.42 Å². The second kappa shape index (κ2) is 7.60. The fourth-order valence-electron chi connectivity index (χ4n) is 1.45. The SMILES string of the molecule is CSCCCCCNS(=O)(=O)c1ncccc1N. The van der Waals surface area contributed by atoms with Crippen LogP contribution in [0.1, 0.15) is 19.3 Å². The molecule has 1 rings (SSSR count). The van der Waals surface area contributed by atoms with Gasteiger partial charge in [0.2, 0.25) is 0 Å². The van der Waals surface area contributed by atoms with Gasteiger partial charge < -0.3 is 5.73 Å². The van der Waals surface area contributed by atoms with Crippen molar-refractivity contribution in [1.29, 1.82) is 0 Å². The lowest BCUT2D eigenvalue weighted by molar-refractivity contribution is 0.573. The Bertz CT molecular complexity index is 463. The fourth-order valence-corrected chi connectivity index (χ4v) is 3.07. The molecular formula is C11H19N3O2S2. The van der Waals surface area contributed by atoms with E-state index in [-0.39, 0.29) is 10.7 Å². The molecule has 0 fully saturated rings. The number of rotatable bonds is 8. The van der Waals surface area contributed by atoms with Crippen LogP contribution in [0.4, 0.5) is 5.69 Å². The van der Waals surface area contributed by atoms with E-state index in [1.54, 1.807) is 17.8 Å². The van der Waals surface area contributed by atoms with E-state index in [2.05, 4.69) is 16.0 Å². The van der Waals surface area contributed by atoms with E-state index in [0.717, 1.165) is 25.0 Å². The van der Waals surface area contributed by atoms with Crippen molar-refractivity contribution in [3.8, 4) is 0 Å². The zero-order valence-corrected chi connectivity index (χ0v) is 12.1. The van der Waals surface area contributed by atoms with Crippen LogP contribution in [-0.2, 0) is 10.0 Å². The van der Waals surface area contributed by atoms with E-state index < -0.39 is 10.0 Å². The molecule has 0 aromatic carbocycles. The van der Waals surface area contributed by atoms with Crippen molar-refractivity contribution in [2.75, 3.05) is 24.3 Å². The summed E-state index contributed by atoms with van der Waals surface area (Å²) in [6.07, 6.45) is 6.43. The summed E-state index contributed by atoms with van der Waals surface area (Å²) in [5.74, 6) is 1.11. The standard InChI is InChI=1S/C11H19N3O2S2/c1-17-9-4-2-3-8-14-18(15,16)11-10(12)6-5-7-13-11/h5-7,14H,2-4,8-9,12H2,1H3. The zero-order chi connectivity index (χ0) is 13.4. The van der Waals surface area contributed by atoms with Gasteiger partial charge in [0.15, 0.2) is 5.03 Å². The Morgan fingerprint density at radius 1 is 1.39 bits per heavy atom. The topological polar surface area (TPSA) is 85.1 Å². The summed E-state index contributed by atoms with van der Waals surface area (Å²) < 4.78 is 26.3. The molecule has 18 heavy (non-hydrogen) atoms. The van der Waals surface area contributed by atoms with Crippen LogP contribution in [0, 0.1) is 0 Å². The summed E-state index contributed by atoms with van der Waals surface area (Å²) in [5.41, 5.74) is 5.77. The van der Waals surface area contributed by atoms with Gasteiger partial charge in [-0.3, -0.25) is 0 Å². The number of nitrogens with zero attached hydrogens (tertiary/aromatic N) is 1. The predicted octanol–water partition coefficient (Wildman–Crippen LogP) is 1.48. The number of hydrogen-bond donors (Lipinski definition) is 2. The first kappa shape index (κ1) is 15.3. The first-order valence-electron chi connectivity index (χ1n) is 5.77. The third-order valence-electron chi connectivity index (χ3n) is 2.37. The monoisotopic (exact) mass is 289 g/mol. The number of thioether (sulfide) groups is 1. The summed E-state index contributed by atoms with van der Waals surface area (Å²) in [4.78, 5) is 3.80. The smallest absolute Gasteiger partial charge is 0.260 e. The van der Waals surface area contributed by atoms with Crippen LogP contribution in [-0.4, -0.2) is 32.0 Å². The van der Waals surface area contributed by atoms with Gasteiger partial charge in [0.25, 0.3) is 10.0 Å². The van der Waals surface area contributed by atoms with Gasteiger partial charge >= 0.3 is 0 Å². The van der Waals surface area contributed by atoms with Gasteiger partial charge in [0.05, 0.1) is 5.69 Å². The predicted molar refractivity (Wildman–Crippen MR) is 76.1 cm³/mol. The molecule has 0 unspecified atom stereocenters. The Morgan fingerprint density at radius 3 is 2.83 bits per heavy atom. The Hall–Kier alpha value is -0.790. The van der Waals surface area contributed by atoms with Gasteiger partial charge in [-0.2, -0.15) is 11.8 Å². The summed E-state index contributed by atoms with van der Waals surface area (Å²) >= 11 is 1.80. The molecule has 102 valence electrons. The van der Waals surface area contributed by atoms with Gasteiger partial charge in [-0.25, -0.2) is 18.1 Å². The molecule has 0 spiro atoms. The number of pyridine rings is 1. The Balaban J connectivity index is 2.44. The van der Waals surface area contributed by atoms with Crippen molar-refractivity contribution in [2.45, 2.75) is 24.3 Å². The molecule has 7 heteroatoms. The van der Waals surface area contributed by atoms with Gasteiger partial charge in [0, 0.05) is 12.7 Å². The largest absolute Gasteiger partial charge is 0.396 e. The quantitative estimate of drug-likeness (QED) is 0.708. The second-order valence-electron chi connectivity index (χ2n) is 3.85. The lowest BCUT2D eigenvalue weighted by Crippen LogP contribution is -2.26. The van der Waals surface area contributed by atoms with Crippen molar-refractivity contribution in [2.24, 2.45) is 0 Å². The normalized spacial score (nSPS) is 11.6. The summed E-state index contributed by atoms with van der Waals surface area (Å²) in [6.45, 7) is 0.423. The van der Waals surface area contributed by atoms with Gasteiger partial charge in [-0.1, -0.05) is 6.42 Å². The molecule has 5 nitrogen and oxygen atoms in total. The molecule has 0 bridgehead atoms. The first-order valence-corrected chi connectivity index (χ1v) is 8.64. The molecule has 0 aliphatic rings. The van der Waals surface area contributed by atoms with Gasteiger partial charge in [-0.05, 0) is 37.0 Å². The molecule has 3 N–H and O–H groups in total. The maximum Gasteiger partial charge on any atom is 0.260 e. The molecule has 0 aliphatic heterocycles. The maximum absolute atomic E-state index is 11.9. The van der Waals surface area contributed by atoms with Crippen molar-refractivity contribution in [3.05, 3.63) is 18.3 Å². The van der Waals surface area contributed by atoms with Crippen LogP contribution in [0.5, 0.6) is 0 Å². The minimum absolute atomic E-state index is 0.0888. The highest BCUT2D eigenvalue weighted by Gasteiger charge is 2.17. The first-order chi connectivity index (χ1) is 8.58. The molecule has 0 saturated carbocycles. The number of nitrogens with one attached hydrogen (secondary N) is 1. The number of unbranched alkanes of at least 4 members (excludes halogenated alkanes) is 2. The number of hydrogen-bond acceptors (Lipinski definition) is 5. The van der Waals surface area contributed by atoms with E-state index in [0.29, 0.717) is 6.54 Å². The zero-order valence-electron chi connectivity index (χ0n) is 10.4. The lowest BCUT2D eigenvalue weighted by atomic mass is 10.2. The summed E-state index contributed by atoms with van der Waals surface area (Å²) in [6, 6.07) is 3.14. The molecule has 1 aromatic rings. The molecular weight excluding hydrogens is 270 g/mol. The molecule has 0 atom stereocenters. The van der Waals surface area contributed by atoms with Crippen LogP contribution in [0.3, 0.4) is 0 Å².